The Morgan fingerprint density at radius 2 is 0.543 bits per heavy atom. The maximum absolute atomic E-state index is 14.7. The van der Waals surface area contributed by atoms with E-state index in [1.54, 1.807) is 0 Å². The standard InChI is InChI=1S/C24H8F38O7S/c25-7(26,9(29,19(45,46)47)13(33,34)17(41,42)15(37,38)11(31,21(51,52)53)22(54,55)56)2-68-5(63)1-4(70(65,66)67)6(64)69-3-8(27,28)10(30,20(48,49)50)14(35,36)18(43,44)16(39,40)12(32,23(57,58)59)24(60,61)62/h4H,1-3H2,(H,65,66,67). The highest BCUT2D eigenvalue weighted by Gasteiger charge is 3.01. The van der Waals surface area contributed by atoms with Gasteiger partial charge in [-0.3, -0.25) is 14.1 Å². The summed E-state index contributed by atoms with van der Waals surface area (Å²) in [5.74, 6) is -82.9. The van der Waals surface area contributed by atoms with Crippen LogP contribution in [0.5, 0.6) is 0 Å². The Morgan fingerprint density at radius 1 is 0.343 bits per heavy atom. The normalized spacial score (nSPS) is 18.2. The second-order valence-electron chi connectivity index (χ2n) is 13.0. The molecule has 0 saturated carbocycles. The van der Waals surface area contributed by atoms with Crippen LogP contribution in [0.15, 0.2) is 0 Å². The van der Waals surface area contributed by atoms with E-state index < -0.39 is 154 Å². The predicted octanol–water partition coefficient (Wildman–Crippen LogP) is 11.0. The number of esters is 2. The molecule has 0 fully saturated rings. The van der Waals surface area contributed by atoms with Crippen molar-refractivity contribution in [1.82, 2.24) is 0 Å². The lowest BCUT2D eigenvalue weighted by Crippen LogP contribution is -2.80. The first-order valence-electron chi connectivity index (χ1n) is 15.1. The maximum atomic E-state index is 14.7. The summed E-state index contributed by atoms with van der Waals surface area (Å²) >= 11 is 0. The Labute approximate surface area is 354 Å². The van der Waals surface area contributed by atoms with E-state index in [1.807, 2.05) is 0 Å². The Hall–Kier alpha value is -3.81. The average molecular weight is 1160 g/mol. The van der Waals surface area contributed by atoms with Crippen molar-refractivity contribution in [3.8, 4) is 0 Å². The third-order valence-corrected chi connectivity index (χ3v) is 9.52. The molecule has 0 heterocycles. The Morgan fingerprint density at radius 3 is 0.743 bits per heavy atom. The highest BCUT2D eigenvalue weighted by atomic mass is 32.2. The van der Waals surface area contributed by atoms with Gasteiger partial charge >= 0.3 is 119 Å². The van der Waals surface area contributed by atoms with Crippen LogP contribution in [0.3, 0.4) is 0 Å². The van der Waals surface area contributed by atoms with Crippen LogP contribution < -0.4 is 0 Å². The molecule has 0 bridgehead atoms. The molecule has 3 unspecified atom stereocenters. The van der Waals surface area contributed by atoms with Crippen molar-refractivity contribution >= 4 is 22.1 Å². The van der Waals surface area contributed by atoms with Gasteiger partial charge in [-0.1, -0.05) is 0 Å². The van der Waals surface area contributed by atoms with Gasteiger partial charge in [-0.25, -0.2) is 17.6 Å². The van der Waals surface area contributed by atoms with Crippen LogP contribution in [0.25, 0.3) is 0 Å². The van der Waals surface area contributed by atoms with Crippen molar-refractivity contribution in [2.45, 2.75) is 119 Å². The second-order valence-corrected chi connectivity index (χ2v) is 14.6. The molecule has 0 amide bonds. The van der Waals surface area contributed by atoms with E-state index in [9.17, 15) is 185 Å². The predicted molar refractivity (Wildman–Crippen MR) is 133 cm³/mol. The molecule has 418 valence electrons. The fourth-order valence-electron chi connectivity index (χ4n) is 4.67. The molecule has 0 radical (unpaired) electrons. The molecule has 0 aromatic heterocycles. The van der Waals surface area contributed by atoms with Gasteiger partial charge in [0.2, 0.25) is 0 Å². The Balaban J connectivity index is 7.36. The first-order valence-corrected chi connectivity index (χ1v) is 16.6. The third kappa shape index (κ3) is 9.28. The summed E-state index contributed by atoms with van der Waals surface area (Å²) in [6, 6.07) is 0. The number of hydrogen-bond acceptors (Lipinski definition) is 6. The van der Waals surface area contributed by atoms with Crippen LogP contribution in [-0.2, 0) is 29.2 Å². The summed E-state index contributed by atoms with van der Waals surface area (Å²) in [4.78, 5) is 23.6. The Bertz CT molecular complexity index is 1990. The van der Waals surface area contributed by atoms with E-state index in [-0.39, 0.29) is 0 Å². The summed E-state index contributed by atoms with van der Waals surface area (Å²) in [5.41, 5.74) is -37.3. The summed E-state index contributed by atoms with van der Waals surface area (Å²) in [5, 5.41) is -4.83. The zero-order valence-corrected chi connectivity index (χ0v) is 31.2. The summed E-state index contributed by atoms with van der Waals surface area (Å²) in [7, 11) is -7.23. The molecule has 3 atom stereocenters. The Kier molecular flexibility index (Phi) is 16.5. The summed E-state index contributed by atoms with van der Waals surface area (Å²) in [6.07, 6.45) is -56.6. The van der Waals surface area contributed by atoms with Crippen molar-refractivity contribution in [2.75, 3.05) is 13.2 Å². The molecule has 46 heteroatoms. The van der Waals surface area contributed by atoms with Gasteiger partial charge in [0.1, 0.15) is 0 Å². The maximum Gasteiger partial charge on any atom is 0.438 e. The number of hydrogen-bond donors (Lipinski definition) is 1. The fourth-order valence-corrected chi connectivity index (χ4v) is 5.33. The topological polar surface area (TPSA) is 107 Å². The molecular weight excluding hydrogens is 1150 g/mol. The van der Waals surface area contributed by atoms with E-state index in [2.05, 4.69) is 9.47 Å². The van der Waals surface area contributed by atoms with Crippen molar-refractivity contribution in [1.29, 1.82) is 0 Å². The molecule has 0 spiro atoms. The minimum Gasteiger partial charge on any atom is -0.459 e. The van der Waals surface area contributed by atoms with Gasteiger partial charge in [-0.05, 0) is 0 Å². The van der Waals surface area contributed by atoms with E-state index in [4.69, 9.17) is 4.55 Å². The van der Waals surface area contributed by atoms with Crippen LogP contribution in [0.2, 0.25) is 0 Å². The summed E-state index contributed by atoms with van der Waals surface area (Å²) < 4.78 is 552. The molecular formula is C24H8F38O7S. The minimum absolute atomic E-state index is 2.56. The monoisotopic (exact) mass is 1160 g/mol. The fraction of sp³-hybridized carbons (Fsp3) is 0.917. The van der Waals surface area contributed by atoms with Crippen LogP contribution >= 0.6 is 0 Å². The molecule has 0 aliphatic carbocycles. The van der Waals surface area contributed by atoms with Gasteiger partial charge in [-0.15, -0.1) is 0 Å². The molecule has 0 aliphatic rings. The zero-order valence-electron chi connectivity index (χ0n) is 30.4. The number of carbonyl (C=O) groups excluding carboxylic acids is 2. The lowest BCUT2D eigenvalue weighted by Gasteiger charge is -2.46. The third-order valence-electron chi connectivity index (χ3n) is 8.44. The molecule has 1 N–H and O–H groups in total. The van der Waals surface area contributed by atoms with Gasteiger partial charge in [-0.2, -0.15) is 158 Å². The first-order chi connectivity index (χ1) is 29.6. The lowest BCUT2D eigenvalue weighted by atomic mass is 9.79. The smallest absolute Gasteiger partial charge is 0.438 e. The van der Waals surface area contributed by atoms with Gasteiger partial charge < -0.3 is 9.47 Å². The average Bonchev–Trinajstić information content (AvgIpc) is 3.09. The summed E-state index contributed by atoms with van der Waals surface area (Å²) in [6.45, 7) is -9.58. The lowest BCUT2D eigenvalue weighted by molar-refractivity contribution is -0.473. The van der Waals surface area contributed by atoms with Gasteiger partial charge in [0.15, 0.2) is 18.5 Å². The van der Waals surface area contributed by atoms with Gasteiger partial charge in [0.05, 0.1) is 6.42 Å². The van der Waals surface area contributed by atoms with Gasteiger partial charge in [0.25, 0.3) is 10.1 Å². The molecule has 0 aromatic carbocycles. The number of rotatable bonds is 18. The highest BCUT2D eigenvalue weighted by molar-refractivity contribution is 7.87. The molecule has 0 aromatic rings. The number of carbonyl (C=O) groups is 2. The van der Waals surface area contributed by atoms with Crippen LogP contribution in [0.4, 0.5) is 167 Å². The van der Waals surface area contributed by atoms with Crippen LogP contribution in [0.1, 0.15) is 6.42 Å². The molecule has 7 nitrogen and oxygen atoms in total. The molecule has 0 rings (SSSR count). The molecule has 70 heavy (non-hydrogen) atoms. The number of halogens is 38. The van der Waals surface area contributed by atoms with Crippen molar-refractivity contribution in [3.05, 3.63) is 0 Å². The second kappa shape index (κ2) is 17.4. The van der Waals surface area contributed by atoms with E-state index in [1.165, 1.54) is 0 Å². The zero-order chi connectivity index (χ0) is 57.8. The van der Waals surface area contributed by atoms with Crippen molar-refractivity contribution < 1.29 is 199 Å². The van der Waals surface area contributed by atoms with Crippen LogP contribution in [-0.4, -0.2) is 150 Å². The first kappa shape index (κ1) is 66.2. The van der Waals surface area contributed by atoms with E-state index >= 15 is 0 Å². The largest absolute Gasteiger partial charge is 0.459 e. The quantitative estimate of drug-likeness (QED) is 0.0828. The van der Waals surface area contributed by atoms with E-state index in [0.717, 1.165) is 0 Å². The minimum atomic E-state index is -9.78. The van der Waals surface area contributed by atoms with Crippen molar-refractivity contribution in [3.63, 3.8) is 0 Å². The highest BCUT2D eigenvalue weighted by Crippen LogP contribution is 2.69. The molecule has 0 aliphatic heterocycles. The van der Waals surface area contributed by atoms with Crippen LogP contribution in [0, 0.1) is 0 Å². The number of alkyl halides is 38. The number of ether oxygens (including phenoxy) is 2. The SMILES string of the molecule is O=C(CC(C(=O)OCC(F)(F)C(F)(C(F)(F)F)C(F)(F)C(F)(F)C(F)(F)C(F)(C(F)(F)F)C(F)(F)F)S(=O)(=O)O)OCC(F)(F)C(F)(C(F)(F)F)C(F)(F)C(F)(F)C(F)(F)C(F)(C(F)(F)F)C(F)(F)F. The van der Waals surface area contributed by atoms with E-state index in [0.29, 0.717) is 0 Å². The van der Waals surface area contributed by atoms with Crippen molar-refractivity contribution in [2.24, 2.45) is 0 Å². The van der Waals surface area contributed by atoms with Gasteiger partial charge in [0, 0.05) is 0 Å². The molecule has 0 saturated heterocycles.